The lowest BCUT2D eigenvalue weighted by molar-refractivity contribution is 0.480. The highest BCUT2D eigenvalue weighted by atomic mass is 32.2. The van der Waals surface area contributed by atoms with E-state index in [-0.39, 0.29) is 57.7 Å². The third kappa shape index (κ3) is 10.3. The Morgan fingerprint density at radius 3 is 0.903 bits per heavy atom. The van der Waals surface area contributed by atoms with Crippen LogP contribution in [0.15, 0.2) is 168 Å². The van der Waals surface area contributed by atoms with Gasteiger partial charge in [0.1, 0.15) is 9.79 Å². The molecule has 0 atom stereocenters. The average molecular weight is 863 g/mol. The second-order valence-electron chi connectivity index (χ2n) is 13.4. The Labute approximate surface area is 356 Å². The fourth-order valence-electron chi connectivity index (χ4n) is 6.08. The van der Waals surface area contributed by atoms with Gasteiger partial charge in [0.25, 0.3) is 20.2 Å². The zero-order valence-corrected chi connectivity index (χ0v) is 33.8. The molecule has 6 aromatic carbocycles. The third-order valence-corrected chi connectivity index (χ3v) is 10.8. The van der Waals surface area contributed by atoms with Crippen LogP contribution >= 0.6 is 0 Å². The minimum Gasteiger partial charge on any atom is -0.324 e. The van der Waals surface area contributed by atoms with E-state index in [1.165, 1.54) is 48.6 Å². The lowest BCUT2D eigenvalue weighted by Crippen LogP contribution is -2.07. The molecule has 8 rings (SSSR count). The average Bonchev–Trinajstić information content (AvgIpc) is 3.26. The van der Waals surface area contributed by atoms with E-state index in [1.807, 2.05) is 121 Å². The minimum absolute atomic E-state index is 0.00772. The Balaban J connectivity index is 1.14. The summed E-state index contributed by atoms with van der Waals surface area (Å²) in [4.78, 5) is 26.0. The molecule has 0 saturated heterocycles. The predicted molar refractivity (Wildman–Crippen MR) is 238 cm³/mol. The predicted octanol–water partition coefficient (Wildman–Crippen LogP) is 9.03. The van der Waals surface area contributed by atoms with Crippen LogP contribution in [0.5, 0.6) is 0 Å². The number of benzene rings is 6. The quantitative estimate of drug-likeness (QED) is 0.0442. The van der Waals surface area contributed by atoms with Crippen LogP contribution in [0.2, 0.25) is 0 Å². The second kappa shape index (κ2) is 17.8. The summed E-state index contributed by atoms with van der Waals surface area (Å²) >= 11 is 0. The van der Waals surface area contributed by atoms with Crippen LogP contribution in [0.1, 0.15) is 11.1 Å². The highest BCUT2D eigenvalue weighted by molar-refractivity contribution is 7.86. The summed E-state index contributed by atoms with van der Waals surface area (Å²) in [6.45, 7) is 0. The van der Waals surface area contributed by atoms with Gasteiger partial charge < -0.3 is 21.3 Å². The van der Waals surface area contributed by atoms with Gasteiger partial charge in [-0.15, -0.1) is 0 Å². The first-order chi connectivity index (χ1) is 29.9. The molecular formula is C44H34N10O6S2. The topological polar surface area (TPSA) is 234 Å². The number of hydrogen-bond donors (Lipinski definition) is 6. The Hall–Kier alpha value is -7.90. The molecule has 308 valence electrons. The number of anilines is 8. The molecule has 0 bridgehead atoms. The number of nitrogens with zero attached hydrogens (tertiary/aromatic N) is 6. The minimum atomic E-state index is -4.88. The van der Waals surface area contributed by atoms with Crippen LogP contribution in [0, 0.1) is 0 Å². The van der Waals surface area contributed by atoms with Crippen molar-refractivity contribution in [2.24, 2.45) is 0 Å². The molecule has 2 heterocycles. The van der Waals surface area contributed by atoms with Gasteiger partial charge in [-0.3, -0.25) is 9.11 Å². The van der Waals surface area contributed by atoms with Crippen molar-refractivity contribution >= 4 is 78.9 Å². The van der Waals surface area contributed by atoms with E-state index in [0.717, 1.165) is 0 Å². The highest BCUT2D eigenvalue weighted by Gasteiger charge is 2.21. The van der Waals surface area contributed by atoms with Crippen molar-refractivity contribution in [2.75, 3.05) is 21.3 Å². The molecule has 0 saturated carbocycles. The number of nitrogens with one attached hydrogen (secondary N) is 4. The largest absolute Gasteiger partial charge is 0.324 e. The molecule has 2 aromatic heterocycles. The number of para-hydroxylation sites is 4. The first-order valence-corrected chi connectivity index (χ1v) is 21.5. The van der Waals surface area contributed by atoms with Crippen LogP contribution in [-0.4, -0.2) is 55.8 Å². The van der Waals surface area contributed by atoms with Crippen LogP contribution in [0.25, 0.3) is 34.9 Å². The number of rotatable bonds is 14. The van der Waals surface area contributed by atoms with Gasteiger partial charge in [0.05, 0.1) is 0 Å². The summed E-state index contributed by atoms with van der Waals surface area (Å²) in [6, 6.07) is 44.9. The molecule has 0 aliphatic carbocycles. The molecule has 0 spiro atoms. The Morgan fingerprint density at radius 1 is 0.371 bits per heavy atom. The van der Waals surface area contributed by atoms with Gasteiger partial charge in [0, 0.05) is 33.9 Å². The van der Waals surface area contributed by atoms with E-state index >= 15 is 0 Å². The maximum absolute atomic E-state index is 12.9. The van der Waals surface area contributed by atoms with E-state index in [4.69, 9.17) is 0 Å². The lowest BCUT2D eigenvalue weighted by atomic mass is 10.1. The molecule has 0 unspecified atom stereocenters. The fourth-order valence-corrected chi connectivity index (χ4v) is 7.50. The van der Waals surface area contributed by atoms with E-state index in [1.54, 1.807) is 0 Å². The monoisotopic (exact) mass is 862 g/mol. The van der Waals surface area contributed by atoms with Crippen LogP contribution in [0.4, 0.5) is 46.5 Å². The summed E-state index contributed by atoms with van der Waals surface area (Å²) < 4.78 is 72.2. The van der Waals surface area contributed by atoms with Gasteiger partial charge in [-0.2, -0.15) is 46.7 Å². The summed E-state index contributed by atoms with van der Waals surface area (Å²) in [7, 11) is -9.75. The fraction of sp³-hybridized carbons (Fsp3) is 0. The Bertz CT molecular complexity index is 2800. The van der Waals surface area contributed by atoms with Crippen molar-refractivity contribution in [3.05, 3.63) is 169 Å². The molecule has 18 heteroatoms. The maximum Gasteiger partial charge on any atom is 0.295 e. The summed E-state index contributed by atoms with van der Waals surface area (Å²) in [5.74, 6) is 0.768. The van der Waals surface area contributed by atoms with Gasteiger partial charge in [0.2, 0.25) is 23.8 Å². The van der Waals surface area contributed by atoms with Gasteiger partial charge in [-0.25, -0.2) is 0 Å². The van der Waals surface area contributed by atoms with E-state index < -0.39 is 30.0 Å². The Morgan fingerprint density at radius 2 is 0.645 bits per heavy atom. The zero-order valence-electron chi connectivity index (χ0n) is 32.2. The third-order valence-electron chi connectivity index (χ3n) is 8.93. The molecule has 0 radical (unpaired) electrons. The molecule has 0 fully saturated rings. The summed E-state index contributed by atoms with van der Waals surface area (Å²) in [5, 5.41) is 12.5. The smallest absolute Gasteiger partial charge is 0.295 e. The van der Waals surface area contributed by atoms with Crippen LogP contribution in [-0.2, 0) is 20.2 Å². The molecule has 8 aromatic rings. The Kier molecular flexibility index (Phi) is 11.7. The van der Waals surface area contributed by atoms with Gasteiger partial charge in [-0.05, 0) is 71.8 Å². The highest BCUT2D eigenvalue weighted by Crippen LogP contribution is 2.30. The first kappa shape index (κ1) is 40.9. The van der Waals surface area contributed by atoms with Crippen molar-refractivity contribution in [1.29, 1.82) is 0 Å². The van der Waals surface area contributed by atoms with Crippen molar-refractivity contribution < 1.29 is 25.9 Å². The van der Waals surface area contributed by atoms with Gasteiger partial charge in [-0.1, -0.05) is 109 Å². The van der Waals surface area contributed by atoms with Crippen molar-refractivity contribution in [2.45, 2.75) is 9.79 Å². The van der Waals surface area contributed by atoms with Crippen LogP contribution in [0.3, 0.4) is 0 Å². The molecule has 6 N–H and O–H groups in total. The van der Waals surface area contributed by atoms with Gasteiger partial charge >= 0.3 is 0 Å². The standard InChI is InChI=1S/C44H34N10O6S2/c55-61(56,57)37-27-31(39-49-41(45-33-13-5-1-6-14-33)53-42(50-39)46-34-15-7-2-8-16-34)25-23-29(37)21-22-30-24-26-32(28-38(30)62(58,59)60)40-51-43(47-35-17-9-3-10-18-35)54-44(52-40)48-36-19-11-4-12-20-36/h1-28H,(H,55,56,57)(H,58,59,60)(H2,45,46,49,50,53)(H2,47,48,51,52,54). The maximum atomic E-state index is 12.9. The number of hydrogen-bond acceptors (Lipinski definition) is 14. The molecule has 62 heavy (non-hydrogen) atoms. The van der Waals surface area contributed by atoms with Crippen molar-refractivity contribution in [3.8, 4) is 22.8 Å². The molecule has 0 aliphatic rings. The number of aromatic nitrogens is 6. The van der Waals surface area contributed by atoms with Gasteiger partial charge in [0.15, 0.2) is 11.6 Å². The molecular weight excluding hydrogens is 829 g/mol. The second-order valence-corrected chi connectivity index (χ2v) is 16.1. The first-order valence-electron chi connectivity index (χ1n) is 18.7. The lowest BCUT2D eigenvalue weighted by Gasteiger charge is -2.12. The van der Waals surface area contributed by atoms with E-state index in [0.29, 0.717) is 22.7 Å². The normalized spacial score (nSPS) is 11.6. The van der Waals surface area contributed by atoms with E-state index in [2.05, 4.69) is 51.2 Å². The summed E-state index contributed by atoms with van der Waals surface area (Å²) in [6.07, 6.45) is 2.59. The SMILES string of the molecule is O=S(=O)(O)c1cc(-c2nc(Nc3ccccc3)nc(Nc3ccccc3)n2)ccc1C=Cc1ccc(-c2nc(Nc3ccccc3)nc(Nc3ccccc3)n2)cc1S(=O)(=O)O. The van der Waals surface area contributed by atoms with Crippen molar-refractivity contribution in [3.63, 3.8) is 0 Å². The van der Waals surface area contributed by atoms with Crippen LogP contribution < -0.4 is 21.3 Å². The molecule has 0 amide bonds. The van der Waals surface area contributed by atoms with Crippen molar-refractivity contribution in [1.82, 2.24) is 29.9 Å². The molecule has 0 aliphatic heterocycles. The molecule has 16 nitrogen and oxygen atoms in total. The van der Waals surface area contributed by atoms with E-state index in [9.17, 15) is 25.9 Å². The summed E-state index contributed by atoms with van der Waals surface area (Å²) in [5.41, 5.74) is 3.17. The zero-order chi connectivity index (χ0) is 43.1.